The minimum Gasteiger partial charge on any atom is -0.469 e. The van der Waals surface area contributed by atoms with Crippen LogP contribution in [0.1, 0.15) is 25.2 Å². The van der Waals surface area contributed by atoms with Gasteiger partial charge in [0.2, 0.25) is 5.88 Å². The van der Waals surface area contributed by atoms with Crippen molar-refractivity contribution < 1.29 is 4.74 Å². The first-order chi connectivity index (χ1) is 10.4. The summed E-state index contributed by atoms with van der Waals surface area (Å²) < 4.78 is 7.44. The zero-order valence-electron chi connectivity index (χ0n) is 12.9. The minimum atomic E-state index is -0.465. The van der Waals surface area contributed by atoms with Crippen molar-refractivity contribution in [1.29, 1.82) is 0 Å². The van der Waals surface area contributed by atoms with Crippen LogP contribution >= 0.6 is 0 Å². The van der Waals surface area contributed by atoms with Gasteiger partial charge in [0.15, 0.2) is 12.4 Å². The molecular formula is C16H19N5O. The van der Waals surface area contributed by atoms with Crippen LogP contribution < -0.4 is 10.5 Å². The lowest BCUT2D eigenvalue weighted by Crippen LogP contribution is -2.29. The predicted molar refractivity (Wildman–Crippen MR) is 84.3 cm³/mol. The Balaban J connectivity index is 1.97. The van der Waals surface area contributed by atoms with Crippen molar-refractivity contribution in [1.82, 2.24) is 19.7 Å². The summed E-state index contributed by atoms with van der Waals surface area (Å²) in [5.74, 6) is 1.19. The van der Waals surface area contributed by atoms with E-state index in [1.165, 1.54) is 0 Å². The van der Waals surface area contributed by atoms with Crippen molar-refractivity contribution in [3.8, 4) is 5.88 Å². The largest absolute Gasteiger partial charge is 0.469 e. The molecule has 6 nitrogen and oxygen atoms in total. The van der Waals surface area contributed by atoms with Crippen LogP contribution in [-0.2, 0) is 19.2 Å². The van der Waals surface area contributed by atoms with Crippen molar-refractivity contribution in [3.63, 3.8) is 0 Å². The number of ether oxygens (including phenoxy) is 1. The molecular weight excluding hydrogens is 278 g/mol. The van der Waals surface area contributed by atoms with Gasteiger partial charge in [0.1, 0.15) is 6.33 Å². The molecule has 0 unspecified atom stereocenters. The van der Waals surface area contributed by atoms with E-state index in [4.69, 9.17) is 10.5 Å². The van der Waals surface area contributed by atoms with E-state index in [9.17, 15) is 0 Å². The molecule has 1 aromatic carbocycles. The van der Waals surface area contributed by atoms with Crippen LogP contribution in [0.15, 0.2) is 36.8 Å². The van der Waals surface area contributed by atoms with Gasteiger partial charge in [-0.05, 0) is 30.9 Å². The van der Waals surface area contributed by atoms with Crippen LogP contribution in [0, 0.1) is 0 Å². The SMILES string of the molecule is Cn1cnc(COc2ncc(C(C)(C)N)c3ccccc23)n1. The van der Waals surface area contributed by atoms with Gasteiger partial charge in [0, 0.05) is 24.2 Å². The molecule has 0 saturated carbocycles. The molecule has 0 saturated heterocycles. The second-order valence-corrected chi connectivity index (χ2v) is 5.87. The second kappa shape index (κ2) is 5.38. The summed E-state index contributed by atoms with van der Waals surface area (Å²) in [6.45, 7) is 4.22. The van der Waals surface area contributed by atoms with Crippen LogP contribution in [-0.4, -0.2) is 19.7 Å². The standard InChI is InChI=1S/C16H19N5O/c1-16(2,17)13-8-18-15(12-7-5-4-6-11(12)13)22-9-14-19-10-21(3)20-14/h4-8,10H,9,17H2,1-3H3. The molecule has 0 amide bonds. The topological polar surface area (TPSA) is 78.8 Å². The van der Waals surface area contributed by atoms with Crippen LogP contribution in [0.25, 0.3) is 10.8 Å². The lowest BCUT2D eigenvalue weighted by Gasteiger charge is -2.21. The van der Waals surface area contributed by atoms with E-state index < -0.39 is 5.54 Å². The third kappa shape index (κ3) is 2.78. The number of aromatic nitrogens is 4. The van der Waals surface area contributed by atoms with E-state index in [0.29, 0.717) is 11.7 Å². The molecule has 0 aliphatic heterocycles. The molecule has 0 aliphatic rings. The lowest BCUT2D eigenvalue weighted by molar-refractivity contribution is 0.287. The van der Waals surface area contributed by atoms with E-state index >= 15 is 0 Å². The van der Waals surface area contributed by atoms with Crippen molar-refractivity contribution in [3.05, 3.63) is 48.2 Å². The highest BCUT2D eigenvalue weighted by molar-refractivity contribution is 5.90. The van der Waals surface area contributed by atoms with Crippen LogP contribution in [0.3, 0.4) is 0 Å². The first-order valence-corrected chi connectivity index (χ1v) is 7.09. The van der Waals surface area contributed by atoms with Crippen molar-refractivity contribution in [2.45, 2.75) is 26.0 Å². The molecule has 114 valence electrons. The van der Waals surface area contributed by atoms with Gasteiger partial charge in [-0.15, -0.1) is 0 Å². The molecule has 2 N–H and O–H groups in total. The Morgan fingerprint density at radius 1 is 1.18 bits per heavy atom. The Labute approximate surface area is 128 Å². The maximum atomic E-state index is 6.24. The number of fused-ring (bicyclic) bond motifs is 1. The van der Waals surface area contributed by atoms with Gasteiger partial charge in [-0.25, -0.2) is 9.97 Å². The average Bonchev–Trinajstić information content (AvgIpc) is 2.89. The van der Waals surface area contributed by atoms with Crippen LogP contribution in [0.5, 0.6) is 5.88 Å². The fourth-order valence-electron chi connectivity index (χ4n) is 2.38. The van der Waals surface area contributed by atoms with Crippen LogP contribution in [0.4, 0.5) is 0 Å². The summed E-state index contributed by atoms with van der Waals surface area (Å²) in [6, 6.07) is 7.97. The number of benzene rings is 1. The molecule has 0 aliphatic carbocycles. The minimum absolute atomic E-state index is 0.281. The van der Waals surface area contributed by atoms with Gasteiger partial charge in [-0.3, -0.25) is 4.68 Å². The molecule has 0 spiro atoms. The van der Waals surface area contributed by atoms with Gasteiger partial charge in [-0.2, -0.15) is 5.10 Å². The van der Waals surface area contributed by atoms with E-state index in [1.54, 1.807) is 17.2 Å². The highest BCUT2D eigenvalue weighted by Gasteiger charge is 2.19. The number of nitrogens with zero attached hydrogens (tertiary/aromatic N) is 4. The zero-order chi connectivity index (χ0) is 15.7. The van der Waals surface area contributed by atoms with Gasteiger partial charge < -0.3 is 10.5 Å². The fourth-order valence-corrected chi connectivity index (χ4v) is 2.38. The summed E-state index contributed by atoms with van der Waals surface area (Å²) in [6.07, 6.45) is 3.42. The Bertz CT molecular complexity index is 804. The third-order valence-electron chi connectivity index (χ3n) is 3.44. The first-order valence-electron chi connectivity index (χ1n) is 7.09. The summed E-state index contributed by atoms with van der Waals surface area (Å²) in [5, 5.41) is 6.18. The van der Waals surface area contributed by atoms with Gasteiger partial charge in [0.05, 0.1) is 0 Å². The molecule has 2 heterocycles. The van der Waals surface area contributed by atoms with Crippen molar-refractivity contribution in [2.75, 3.05) is 0 Å². The second-order valence-electron chi connectivity index (χ2n) is 5.87. The summed E-state index contributed by atoms with van der Waals surface area (Å²) in [7, 11) is 1.82. The monoisotopic (exact) mass is 297 g/mol. The third-order valence-corrected chi connectivity index (χ3v) is 3.44. The summed E-state index contributed by atoms with van der Waals surface area (Å²) >= 11 is 0. The van der Waals surface area contributed by atoms with Crippen LogP contribution in [0.2, 0.25) is 0 Å². The lowest BCUT2D eigenvalue weighted by atomic mass is 9.92. The van der Waals surface area contributed by atoms with E-state index in [-0.39, 0.29) is 6.61 Å². The Morgan fingerprint density at radius 3 is 2.55 bits per heavy atom. The molecule has 0 fully saturated rings. The maximum Gasteiger partial charge on any atom is 0.221 e. The number of nitrogens with two attached hydrogens (primary N) is 1. The van der Waals surface area contributed by atoms with E-state index in [0.717, 1.165) is 16.3 Å². The highest BCUT2D eigenvalue weighted by atomic mass is 16.5. The van der Waals surface area contributed by atoms with Gasteiger partial charge >= 0.3 is 0 Å². The first kappa shape index (κ1) is 14.5. The molecule has 3 rings (SSSR count). The Kier molecular flexibility index (Phi) is 3.54. The molecule has 6 heteroatoms. The number of hydrogen-bond donors (Lipinski definition) is 1. The Morgan fingerprint density at radius 2 is 1.91 bits per heavy atom. The maximum absolute atomic E-state index is 6.24. The van der Waals surface area contributed by atoms with Crippen molar-refractivity contribution >= 4 is 10.8 Å². The molecule has 3 aromatic rings. The summed E-state index contributed by atoms with van der Waals surface area (Å²) in [4.78, 5) is 8.58. The zero-order valence-corrected chi connectivity index (χ0v) is 12.9. The molecule has 22 heavy (non-hydrogen) atoms. The number of pyridine rings is 1. The Hall–Kier alpha value is -2.47. The molecule has 0 bridgehead atoms. The number of hydrogen-bond acceptors (Lipinski definition) is 5. The van der Waals surface area contributed by atoms with Gasteiger partial charge in [-0.1, -0.05) is 18.2 Å². The highest BCUT2D eigenvalue weighted by Crippen LogP contribution is 2.31. The smallest absolute Gasteiger partial charge is 0.221 e. The average molecular weight is 297 g/mol. The van der Waals surface area contributed by atoms with E-state index in [2.05, 4.69) is 15.1 Å². The predicted octanol–water partition coefficient (Wildman–Crippen LogP) is 2.14. The molecule has 0 radical (unpaired) electrons. The molecule has 2 aromatic heterocycles. The van der Waals surface area contributed by atoms with E-state index in [1.807, 2.05) is 45.2 Å². The number of aryl methyl sites for hydroxylation is 1. The normalized spacial score (nSPS) is 11.8. The fraction of sp³-hybridized carbons (Fsp3) is 0.312. The van der Waals surface area contributed by atoms with Gasteiger partial charge in [0.25, 0.3) is 0 Å². The quantitative estimate of drug-likeness (QED) is 0.798. The number of rotatable bonds is 4. The molecule has 0 atom stereocenters. The van der Waals surface area contributed by atoms with Crippen molar-refractivity contribution in [2.24, 2.45) is 12.8 Å². The summed E-state index contributed by atoms with van der Waals surface area (Å²) in [5.41, 5.74) is 6.76.